The van der Waals surface area contributed by atoms with E-state index in [4.69, 9.17) is 61.5 Å². The number of para-hydroxylation sites is 3. The fourth-order valence-electron chi connectivity index (χ4n) is 13.6. The van der Waals surface area contributed by atoms with Gasteiger partial charge >= 0.3 is 0 Å². The van der Waals surface area contributed by atoms with E-state index in [1.165, 1.54) is 39.4 Å². The molecule has 0 spiro atoms. The van der Waals surface area contributed by atoms with Gasteiger partial charge in [0.05, 0.1) is 119 Å². The highest BCUT2D eigenvalue weighted by molar-refractivity contribution is 7.12. The van der Waals surface area contributed by atoms with Crippen LogP contribution >= 0.6 is 22.9 Å². The number of pyridine rings is 2. The molecule has 0 saturated heterocycles. The van der Waals surface area contributed by atoms with E-state index in [1.807, 2.05) is 115 Å². The largest absolute Gasteiger partial charge is 0.382 e. The van der Waals surface area contributed by atoms with E-state index in [9.17, 15) is 0 Å². The number of aryl methyl sites for hydroxylation is 11. The summed E-state index contributed by atoms with van der Waals surface area (Å²) in [6, 6.07) is 42.6. The predicted molar refractivity (Wildman–Crippen MR) is 533 cm³/mol. The minimum atomic E-state index is 0.233. The van der Waals surface area contributed by atoms with Gasteiger partial charge in [0.15, 0.2) is 92.4 Å². The van der Waals surface area contributed by atoms with Crippen LogP contribution in [0.1, 0.15) is 62.8 Å². The van der Waals surface area contributed by atoms with Gasteiger partial charge in [0, 0.05) is 72.7 Å². The van der Waals surface area contributed by atoms with Gasteiger partial charge in [0.25, 0.3) is 46.3 Å². The van der Waals surface area contributed by atoms with Crippen molar-refractivity contribution in [2.24, 2.45) is 51.1 Å². The lowest BCUT2D eigenvalue weighted by Gasteiger charge is -2.04. The van der Waals surface area contributed by atoms with E-state index in [0.717, 1.165) is 34.3 Å². The lowest BCUT2D eigenvalue weighted by Crippen LogP contribution is -2.05. The van der Waals surface area contributed by atoms with Crippen molar-refractivity contribution in [1.82, 2.24) is 152 Å². The predicted octanol–water partition coefficient (Wildman–Crippen LogP) is 19.9. The molecule has 51 nitrogen and oxygen atoms in total. The van der Waals surface area contributed by atoms with Crippen LogP contribution in [0.25, 0.3) is 80.9 Å². The molecule has 0 aliphatic heterocycles. The lowest BCUT2D eigenvalue weighted by molar-refractivity contribution is 0.805. The smallest absolute Gasteiger partial charge is 0.255 e. The zero-order valence-electron chi connectivity index (χ0n) is 77.9. The lowest BCUT2D eigenvalue weighted by atomic mass is 10.3. The third-order valence-electron chi connectivity index (χ3n) is 20.4. The molecule has 708 valence electrons. The quantitative estimate of drug-likeness (QED) is 0.0349. The van der Waals surface area contributed by atoms with Gasteiger partial charge in [0.2, 0.25) is 10.3 Å². The Morgan fingerprint density at radius 2 is 0.556 bits per heavy atom. The number of thiazole rings is 1. The number of hydrogen-bond acceptors (Lipinski definition) is 38. The maximum absolute atomic E-state index is 7.51. The van der Waals surface area contributed by atoms with Gasteiger partial charge in [-0.1, -0.05) is 60.7 Å². The minimum absolute atomic E-state index is 0.233. The molecule has 0 aliphatic carbocycles. The summed E-state index contributed by atoms with van der Waals surface area (Å²) in [5.74, 6) is 5.10. The van der Waals surface area contributed by atoms with Crippen molar-refractivity contribution in [3.05, 3.63) is 327 Å². The van der Waals surface area contributed by atoms with Gasteiger partial charge in [-0.25, -0.2) is 87.8 Å². The monoisotopic (exact) mass is 1950 g/mol. The first-order valence-corrected chi connectivity index (χ1v) is 44.2. The van der Waals surface area contributed by atoms with Crippen LogP contribution in [0.15, 0.2) is 258 Å². The summed E-state index contributed by atoms with van der Waals surface area (Å²) in [7, 11) is 0. The van der Waals surface area contributed by atoms with Crippen molar-refractivity contribution in [2.75, 3.05) is 28.7 Å². The summed E-state index contributed by atoms with van der Waals surface area (Å²) in [6.07, 6.45) is 16.2. The first-order valence-electron chi connectivity index (χ1n) is 42.6. The number of benzene rings is 3. The number of nitrogens with two attached hydrogens (primary N) is 5. The standard InChI is InChI=1S/2C20H17N9.C19H16N10.C16H14N12S.C16H13N11S/c1-13-17(19(21)29(27-13)16-11-7-8-12-23-16)24-25-20-18(22-3)14(2)26-28(20)15-9-5-4-6-10-15;1-13-17(19(21)28(26-13)16-10-7-11-23-12-16)24-25-20-18(22-3)14(2)27-29(20)15-8-5-4-6-9-15;1-12-15(17(20)29(27-12)19-22-10-7-11-23-19)24-25-18-16(21-3)13(2)26-28(18)14-8-5-4-6-9-14;1-8-11(13(17)27(24-8)15-19-6-5-7-20-15)22-23-14-12(18-4)9(2)25-28(14)16-21-10(3)26-29-16;1-9-11(13(17)26(24-9)15-19-5-4-6-20-15)22-23-14-12(18-3)10(2)25-27(14)16-21-7-8-28-16/h2*4-12H,21H2,1-2H3;4-11H,20H2,1-2H3;5-7H,17H2,1-3H3;4-8H,17H2,1-2H3. The zero-order valence-corrected chi connectivity index (χ0v) is 79.5. The van der Waals surface area contributed by atoms with Crippen molar-refractivity contribution < 1.29 is 0 Å². The van der Waals surface area contributed by atoms with E-state index in [1.54, 1.807) is 187 Å². The van der Waals surface area contributed by atoms with Crippen LogP contribution in [0.3, 0.4) is 0 Å². The molecule has 17 heterocycles. The molecule has 0 bridgehead atoms. The van der Waals surface area contributed by atoms with Crippen LogP contribution in [0.2, 0.25) is 0 Å². The van der Waals surface area contributed by atoms with Gasteiger partial charge in [0.1, 0.15) is 5.82 Å². The number of rotatable bonds is 20. The third kappa shape index (κ3) is 20.1. The SMILES string of the molecule is [C-]#[N+]c1c(C)nn(-c2ccccc2)c1N=Nc1c(C)nn(-c2ccccn2)c1N.[C-]#[N+]c1c(C)nn(-c2ccccc2)c1N=Nc1c(C)nn(-c2cccnc2)c1N.[C-]#[N+]c1c(C)nn(-c2ccccc2)c1N=Nc1c(C)nn(-c2ncccn2)c1N.[C-]#[N+]c1c(C)nn(-c2nc(C)ns2)c1N=Nc1c(C)nn(-c2ncccn2)c1N.[C-]#[N+]c1c(C)nn(-c2nccs2)c1N=Nc1c(C)nn(-c2ncccn2)c1N. The van der Waals surface area contributed by atoms with Crippen molar-refractivity contribution in [3.63, 3.8) is 0 Å². The maximum Gasteiger partial charge on any atom is 0.255 e. The summed E-state index contributed by atoms with van der Waals surface area (Å²) < 4.78 is 19.1. The van der Waals surface area contributed by atoms with Gasteiger partial charge in [-0.2, -0.15) is 83.5 Å². The Hall–Kier alpha value is -21.1. The molecular weight excluding hydrogens is 1870 g/mol. The number of nitrogen functional groups attached to an aromatic ring is 5. The minimum Gasteiger partial charge on any atom is -0.382 e. The Morgan fingerprint density at radius 3 is 0.861 bits per heavy atom. The van der Waals surface area contributed by atoms with Crippen LogP contribution in [-0.2, 0) is 0 Å². The molecule has 0 atom stereocenters. The molecular formula is C91H77N51S2. The zero-order chi connectivity index (χ0) is 101. The number of nitrogens with zero attached hydrogens (tertiary/aromatic N) is 46. The average molecular weight is 1950 g/mol. The van der Waals surface area contributed by atoms with E-state index < -0.39 is 0 Å². The maximum atomic E-state index is 7.51. The molecule has 20 rings (SSSR count). The number of hydrogen-bond donors (Lipinski definition) is 5. The molecule has 17 aromatic heterocycles. The van der Waals surface area contributed by atoms with E-state index in [-0.39, 0.29) is 34.8 Å². The highest BCUT2D eigenvalue weighted by Crippen LogP contribution is 2.44. The Labute approximate surface area is 824 Å². The fourth-order valence-corrected chi connectivity index (χ4v) is 14.8. The Kier molecular flexibility index (Phi) is 28.6. The van der Waals surface area contributed by atoms with Gasteiger partial charge in [-0.15, -0.1) is 62.5 Å². The molecule has 20 aromatic rings. The fraction of sp³-hybridized carbons (Fsp3) is 0.121. The molecule has 0 fully saturated rings. The summed E-state index contributed by atoms with van der Waals surface area (Å²) in [6.45, 7) is 56.8. The summed E-state index contributed by atoms with van der Waals surface area (Å²) in [5.41, 5.74) is 43.3. The average Bonchev–Trinajstić information content (AvgIpc) is 1.65. The molecule has 0 saturated carbocycles. The third-order valence-corrected chi connectivity index (χ3v) is 21.9. The number of azo groups is 5. The molecule has 3 aromatic carbocycles. The van der Waals surface area contributed by atoms with Crippen molar-refractivity contribution in [2.45, 2.75) is 76.2 Å². The molecule has 144 heavy (non-hydrogen) atoms. The van der Waals surface area contributed by atoms with Gasteiger partial charge in [-0.3, -0.25) is 4.98 Å². The van der Waals surface area contributed by atoms with Crippen LogP contribution in [0, 0.1) is 109 Å². The van der Waals surface area contributed by atoms with Crippen LogP contribution in [0.5, 0.6) is 0 Å². The van der Waals surface area contributed by atoms with E-state index in [0.29, 0.717) is 177 Å². The van der Waals surface area contributed by atoms with Gasteiger partial charge in [-0.05, 0) is 155 Å². The molecule has 0 radical (unpaired) electrons. The van der Waals surface area contributed by atoms with Crippen molar-refractivity contribution in [1.29, 1.82) is 0 Å². The van der Waals surface area contributed by atoms with Crippen LogP contribution in [-0.4, -0.2) is 152 Å². The van der Waals surface area contributed by atoms with Crippen molar-refractivity contribution >= 4 is 138 Å². The summed E-state index contributed by atoms with van der Waals surface area (Å²) >= 11 is 2.53. The molecule has 0 amide bonds. The second-order valence-corrected chi connectivity index (χ2v) is 31.7. The Balaban J connectivity index is 0.000000129. The number of aromatic nitrogens is 31. The van der Waals surface area contributed by atoms with E-state index >= 15 is 0 Å². The topological polar surface area (TPSA) is 595 Å². The van der Waals surface area contributed by atoms with Crippen LogP contribution in [0.4, 0.5) is 115 Å². The Morgan fingerprint density at radius 1 is 0.264 bits per heavy atom. The molecule has 0 unspecified atom stereocenters. The highest BCUT2D eigenvalue weighted by atomic mass is 32.1. The second kappa shape index (κ2) is 42.9. The molecule has 0 aliphatic rings. The highest BCUT2D eigenvalue weighted by Gasteiger charge is 2.28. The van der Waals surface area contributed by atoms with E-state index in [2.05, 4.69) is 181 Å². The molecule has 53 heteroatoms. The normalized spacial score (nSPS) is 11.1. The van der Waals surface area contributed by atoms with Crippen molar-refractivity contribution in [3.8, 4) is 56.7 Å². The Bertz CT molecular complexity index is 7960. The van der Waals surface area contributed by atoms with Crippen LogP contribution < -0.4 is 28.7 Å². The number of anilines is 5. The van der Waals surface area contributed by atoms with Gasteiger partial charge < -0.3 is 28.7 Å². The molecule has 10 N–H and O–H groups in total. The summed E-state index contributed by atoms with van der Waals surface area (Å²) in [5, 5.41) is 89.7. The first-order chi connectivity index (χ1) is 69.9. The second-order valence-electron chi connectivity index (χ2n) is 30.1. The summed E-state index contributed by atoms with van der Waals surface area (Å²) in [4.78, 5) is 59.5. The first kappa shape index (κ1) is 96.1.